The molecule has 0 aliphatic carbocycles. The highest BCUT2D eigenvalue weighted by molar-refractivity contribution is 9.10. The average Bonchev–Trinajstić information content (AvgIpc) is 2.32. The first-order valence-electron chi connectivity index (χ1n) is 5.65. The van der Waals surface area contributed by atoms with E-state index in [-0.39, 0.29) is 13.0 Å². The summed E-state index contributed by atoms with van der Waals surface area (Å²) in [4.78, 5) is 23.1. The van der Waals surface area contributed by atoms with Gasteiger partial charge in [0.25, 0.3) is 0 Å². The maximum atomic E-state index is 13.0. The number of rotatable bonds is 5. The molecule has 0 aliphatic heterocycles. The highest BCUT2D eigenvalue weighted by Gasteiger charge is 2.43. The van der Waals surface area contributed by atoms with E-state index in [0.717, 1.165) is 0 Å². The van der Waals surface area contributed by atoms with Crippen molar-refractivity contribution in [3.63, 3.8) is 0 Å². The summed E-state index contributed by atoms with van der Waals surface area (Å²) >= 11 is 3.15. The average molecular weight is 333 g/mol. The van der Waals surface area contributed by atoms with E-state index < -0.39 is 23.2 Å². The summed E-state index contributed by atoms with van der Waals surface area (Å²) in [7, 11) is 0. The van der Waals surface area contributed by atoms with Crippen molar-refractivity contribution in [1.82, 2.24) is 0 Å². The molecule has 104 valence electrons. The van der Waals surface area contributed by atoms with Crippen LogP contribution < -0.4 is 0 Å². The summed E-state index contributed by atoms with van der Waals surface area (Å²) in [6, 6.07) is 3.89. The number of carboxylic acids is 1. The van der Waals surface area contributed by atoms with Crippen molar-refractivity contribution >= 4 is 27.9 Å². The number of carbonyl (C=O) groups excluding carboxylic acids is 1. The van der Waals surface area contributed by atoms with Gasteiger partial charge in [0.15, 0.2) is 5.41 Å². The Morgan fingerprint density at radius 2 is 2.11 bits per heavy atom. The smallest absolute Gasteiger partial charge is 0.323 e. The summed E-state index contributed by atoms with van der Waals surface area (Å²) in [6.07, 6.45) is -0.0813. The Kier molecular flexibility index (Phi) is 5.05. The van der Waals surface area contributed by atoms with Gasteiger partial charge in [0, 0.05) is 10.9 Å². The summed E-state index contributed by atoms with van der Waals surface area (Å²) < 4.78 is 18.2. The molecule has 0 aliphatic rings. The molecular weight excluding hydrogens is 319 g/mol. The van der Waals surface area contributed by atoms with E-state index in [2.05, 4.69) is 15.9 Å². The Balaban J connectivity index is 3.08. The minimum atomic E-state index is -1.70. The van der Waals surface area contributed by atoms with E-state index in [1.165, 1.54) is 25.1 Å². The van der Waals surface area contributed by atoms with Crippen molar-refractivity contribution in [2.75, 3.05) is 6.61 Å². The van der Waals surface area contributed by atoms with Crippen LogP contribution in [0.3, 0.4) is 0 Å². The summed E-state index contributed by atoms with van der Waals surface area (Å²) in [5.74, 6) is -2.52. The van der Waals surface area contributed by atoms with Gasteiger partial charge in [0.05, 0.1) is 6.61 Å². The van der Waals surface area contributed by atoms with Crippen molar-refractivity contribution in [3.8, 4) is 0 Å². The highest BCUT2D eigenvalue weighted by atomic mass is 79.9. The van der Waals surface area contributed by atoms with Gasteiger partial charge < -0.3 is 9.84 Å². The number of benzene rings is 1. The molecule has 0 saturated heterocycles. The molecule has 0 heterocycles. The molecule has 6 heteroatoms. The molecule has 1 atom stereocenters. The van der Waals surface area contributed by atoms with Gasteiger partial charge in [-0.15, -0.1) is 0 Å². The third-order valence-corrected chi connectivity index (χ3v) is 3.50. The lowest BCUT2D eigenvalue weighted by Crippen LogP contribution is -2.40. The molecule has 1 rings (SSSR count). The number of carbonyl (C=O) groups is 2. The zero-order chi connectivity index (χ0) is 14.6. The van der Waals surface area contributed by atoms with E-state index in [1.807, 2.05) is 0 Å². The monoisotopic (exact) mass is 332 g/mol. The van der Waals surface area contributed by atoms with Crippen LogP contribution in [0.5, 0.6) is 0 Å². The Bertz CT molecular complexity index is 503. The molecular formula is C13H14BrFO4. The maximum absolute atomic E-state index is 13.0. The third kappa shape index (κ3) is 3.53. The van der Waals surface area contributed by atoms with Crippen LogP contribution in [0.1, 0.15) is 19.4 Å². The fourth-order valence-corrected chi connectivity index (χ4v) is 2.06. The van der Waals surface area contributed by atoms with Gasteiger partial charge in [-0.2, -0.15) is 0 Å². The largest absolute Gasteiger partial charge is 0.480 e. The van der Waals surface area contributed by atoms with Crippen LogP contribution in [-0.2, 0) is 20.7 Å². The van der Waals surface area contributed by atoms with E-state index >= 15 is 0 Å². The van der Waals surface area contributed by atoms with E-state index in [9.17, 15) is 19.1 Å². The van der Waals surface area contributed by atoms with Gasteiger partial charge in [0.1, 0.15) is 5.82 Å². The number of carboxylic acid groups (broad SMARTS) is 1. The highest BCUT2D eigenvalue weighted by Crippen LogP contribution is 2.29. The van der Waals surface area contributed by atoms with E-state index in [0.29, 0.717) is 10.0 Å². The molecule has 0 aromatic heterocycles. The van der Waals surface area contributed by atoms with Gasteiger partial charge in [-0.3, -0.25) is 9.59 Å². The maximum Gasteiger partial charge on any atom is 0.323 e. The first-order chi connectivity index (χ1) is 8.81. The van der Waals surface area contributed by atoms with Crippen molar-refractivity contribution in [2.45, 2.75) is 20.3 Å². The lowest BCUT2D eigenvalue weighted by Gasteiger charge is -2.23. The van der Waals surface area contributed by atoms with Crippen LogP contribution in [0.4, 0.5) is 4.39 Å². The first-order valence-corrected chi connectivity index (χ1v) is 6.45. The van der Waals surface area contributed by atoms with Crippen molar-refractivity contribution in [2.24, 2.45) is 5.41 Å². The van der Waals surface area contributed by atoms with Gasteiger partial charge in [-0.05, 0) is 31.5 Å². The van der Waals surface area contributed by atoms with E-state index in [4.69, 9.17) is 4.74 Å². The molecule has 0 fully saturated rings. The predicted octanol–water partition coefficient (Wildman–Crippen LogP) is 2.78. The van der Waals surface area contributed by atoms with Gasteiger partial charge in [-0.25, -0.2) is 4.39 Å². The molecule has 19 heavy (non-hydrogen) atoms. The normalized spacial score (nSPS) is 13.7. The number of ether oxygens (including phenoxy) is 1. The molecule has 1 aromatic rings. The first kappa shape index (κ1) is 15.6. The molecule has 0 saturated carbocycles. The molecule has 1 aromatic carbocycles. The number of aliphatic carboxylic acids is 1. The zero-order valence-corrected chi connectivity index (χ0v) is 12.2. The van der Waals surface area contributed by atoms with Crippen LogP contribution >= 0.6 is 15.9 Å². The van der Waals surface area contributed by atoms with Crippen LogP contribution in [0, 0.1) is 11.2 Å². The second-order valence-electron chi connectivity index (χ2n) is 4.27. The Hall–Kier alpha value is -1.43. The SMILES string of the molecule is CCOC(=O)C(C)(Cc1ccc(F)cc1Br)C(=O)O. The van der Waals surface area contributed by atoms with Crippen LogP contribution in [0.25, 0.3) is 0 Å². The van der Waals surface area contributed by atoms with E-state index in [1.54, 1.807) is 6.92 Å². The lowest BCUT2D eigenvalue weighted by molar-refractivity contribution is -0.167. The van der Waals surface area contributed by atoms with Crippen LogP contribution in [0.15, 0.2) is 22.7 Å². The summed E-state index contributed by atoms with van der Waals surface area (Å²) in [5.41, 5.74) is -1.17. The number of hydrogen-bond acceptors (Lipinski definition) is 3. The van der Waals surface area contributed by atoms with Crippen molar-refractivity contribution in [1.29, 1.82) is 0 Å². The fourth-order valence-electron chi connectivity index (χ4n) is 1.57. The number of esters is 1. The van der Waals surface area contributed by atoms with Crippen molar-refractivity contribution < 1.29 is 23.8 Å². The van der Waals surface area contributed by atoms with Gasteiger partial charge in [0.2, 0.25) is 0 Å². The predicted molar refractivity (Wildman–Crippen MR) is 70.2 cm³/mol. The number of hydrogen-bond donors (Lipinski definition) is 1. The quantitative estimate of drug-likeness (QED) is 0.665. The minimum Gasteiger partial charge on any atom is -0.480 e. The summed E-state index contributed by atoms with van der Waals surface area (Å²) in [5, 5.41) is 9.25. The topological polar surface area (TPSA) is 63.6 Å². The molecule has 1 unspecified atom stereocenters. The Labute approximate surface area is 118 Å². The van der Waals surface area contributed by atoms with Gasteiger partial charge in [-0.1, -0.05) is 22.0 Å². The molecule has 0 radical (unpaired) electrons. The fraction of sp³-hybridized carbons (Fsp3) is 0.385. The second-order valence-corrected chi connectivity index (χ2v) is 5.12. The molecule has 0 amide bonds. The minimum absolute atomic E-state index is 0.0813. The molecule has 1 N–H and O–H groups in total. The van der Waals surface area contributed by atoms with Crippen molar-refractivity contribution in [3.05, 3.63) is 34.1 Å². The Morgan fingerprint density at radius 1 is 1.47 bits per heavy atom. The summed E-state index contributed by atoms with van der Waals surface area (Å²) in [6.45, 7) is 3.00. The van der Waals surface area contributed by atoms with Gasteiger partial charge >= 0.3 is 11.9 Å². The van der Waals surface area contributed by atoms with Crippen LogP contribution in [-0.4, -0.2) is 23.7 Å². The molecule has 0 bridgehead atoms. The lowest BCUT2D eigenvalue weighted by atomic mass is 9.83. The second kappa shape index (κ2) is 6.14. The number of halogens is 2. The molecule has 4 nitrogen and oxygen atoms in total. The Morgan fingerprint density at radius 3 is 2.58 bits per heavy atom. The molecule has 0 spiro atoms. The standard InChI is InChI=1S/C13H14BrFO4/c1-3-19-12(18)13(2,11(16)17)7-8-4-5-9(15)6-10(8)14/h4-6H,3,7H2,1-2H3,(H,16,17). The zero-order valence-electron chi connectivity index (χ0n) is 10.6. The van der Waals surface area contributed by atoms with Crippen LogP contribution in [0.2, 0.25) is 0 Å². The third-order valence-electron chi connectivity index (χ3n) is 2.76.